The van der Waals surface area contributed by atoms with Gasteiger partial charge in [-0.3, -0.25) is 9.59 Å². The first kappa shape index (κ1) is 18.0. The fourth-order valence-corrected chi connectivity index (χ4v) is 4.86. The van der Waals surface area contributed by atoms with E-state index in [4.69, 9.17) is 11.6 Å². The molecule has 2 aliphatic heterocycles. The molecule has 0 spiro atoms. The van der Waals surface area contributed by atoms with Gasteiger partial charge >= 0.3 is 0 Å². The zero-order valence-corrected chi connectivity index (χ0v) is 16.5. The second-order valence-corrected chi connectivity index (χ2v) is 7.99. The first-order chi connectivity index (χ1) is 14.1. The molecule has 146 valence electrons. The van der Waals surface area contributed by atoms with Crippen molar-refractivity contribution in [1.29, 1.82) is 0 Å². The van der Waals surface area contributed by atoms with Crippen LogP contribution < -0.4 is 0 Å². The number of carbonyl (C=O) groups excluding carboxylic acids is 2. The molecule has 6 heteroatoms. The van der Waals surface area contributed by atoms with Crippen molar-refractivity contribution < 1.29 is 9.59 Å². The maximum Gasteiger partial charge on any atom is 0.246 e. The molecule has 0 aliphatic carbocycles. The van der Waals surface area contributed by atoms with Gasteiger partial charge in [-0.05, 0) is 29.3 Å². The fraction of sp³-hybridized carbons (Fsp3) is 0.217. The summed E-state index contributed by atoms with van der Waals surface area (Å²) in [6.07, 6.45) is 2.16. The third-order valence-electron chi connectivity index (χ3n) is 5.86. The normalized spacial score (nSPS) is 21.3. The summed E-state index contributed by atoms with van der Waals surface area (Å²) in [6.45, 7) is 4.16. The largest absolute Gasteiger partial charge is 0.356 e. The number of fused-ring (bicyclic) bond motifs is 4. The average Bonchev–Trinajstić information content (AvgIpc) is 3.09. The highest BCUT2D eigenvalue weighted by atomic mass is 35.5. The number of hydrogen-bond acceptors (Lipinski definition) is 2. The molecule has 2 amide bonds. The molecule has 3 heterocycles. The van der Waals surface area contributed by atoms with Crippen LogP contribution in [0.2, 0.25) is 5.02 Å². The average molecular weight is 406 g/mol. The third-order valence-corrected chi connectivity index (χ3v) is 6.09. The Labute approximate surface area is 173 Å². The van der Waals surface area contributed by atoms with Gasteiger partial charge in [0.15, 0.2) is 0 Å². The van der Waals surface area contributed by atoms with E-state index in [0.717, 1.165) is 27.7 Å². The molecule has 0 saturated carbocycles. The predicted octanol–water partition coefficient (Wildman–Crippen LogP) is 3.69. The summed E-state index contributed by atoms with van der Waals surface area (Å²) in [6, 6.07) is 14.7. The summed E-state index contributed by atoms with van der Waals surface area (Å²) in [4.78, 5) is 33.3. The van der Waals surface area contributed by atoms with E-state index >= 15 is 0 Å². The maximum absolute atomic E-state index is 13.3. The minimum Gasteiger partial charge on any atom is -0.356 e. The molecular formula is C23H20ClN3O2. The molecular weight excluding hydrogens is 386 g/mol. The van der Waals surface area contributed by atoms with Gasteiger partial charge in [-0.2, -0.15) is 0 Å². The Morgan fingerprint density at radius 1 is 1.17 bits per heavy atom. The van der Waals surface area contributed by atoms with Gasteiger partial charge in [-0.15, -0.1) is 6.58 Å². The Hall–Kier alpha value is -3.05. The molecule has 1 saturated heterocycles. The van der Waals surface area contributed by atoms with Crippen LogP contribution in [0.1, 0.15) is 22.9 Å². The van der Waals surface area contributed by atoms with Crippen LogP contribution in [0.3, 0.4) is 0 Å². The number of rotatable bonds is 3. The van der Waals surface area contributed by atoms with Crippen LogP contribution in [0.25, 0.3) is 10.9 Å². The van der Waals surface area contributed by atoms with Crippen molar-refractivity contribution in [3.63, 3.8) is 0 Å². The number of nitrogens with zero attached hydrogens (tertiary/aromatic N) is 2. The molecule has 0 bridgehead atoms. The number of piperazine rings is 1. The number of benzene rings is 2. The molecule has 2 aromatic carbocycles. The van der Waals surface area contributed by atoms with Crippen molar-refractivity contribution in [2.45, 2.75) is 18.5 Å². The van der Waals surface area contributed by atoms with Gasteiger partial charge in [0.05, 0.1) is 6.04 Å². The topological polar surface area (TPSA) is 56.4 Å². The highest BCUT2D eigenvalue weighted by molar-refractivity contribution is 6.30. The van der Waals surface area contributed by atoms with E-state index in [1.165, 1.54) is 0 Å². The summed E-state index contributed by atoms with van der Waals surface area (Å²) in [5, 5.41) is 1.70. The van der Waals surface area contributed by atoms with E-state index in [1.807, 2.05) is 42.5 Å². The lowest BCUT2D eigenvalue weighted by molar-refractivity contribution is -0.158. The Balaban J connectivity index is 1.73. The summed E-state index contributed by atoms with van der Waals surface area (Å²) < 4.78 is 0. The zero-order valence-electron chi connectivity index (χ0n) is 15.8. The molecule has 1 aromatic heterocycles. The van der Waals surface area contributed by atoms with Gasteiger partial charge in [-0.1, -0.05) is 48.0 Å². The van der Waals surface area contributed by atoms with Crippen molar-refractivity contribution in [1.82, 2.24) is 14.8 Å². The molecule has 1 N–H and O–H groups in total. The molecule has 3 aromatic rings. The molecule has 2 atom stereocenters. The smallest absolute Gasteiger partial charge is 0.246 e. The van der Waals surface area contributed by atoms with Crippen LogP contribution >= 0.6 is 11.6 Å². The van der Waals surface area contributed by atoms with E-state index in [0.29, 0.717) is 18.0 Å². The van der Waals surface area contributed by atoms with Gasteiger partial charge in [-0.25, -0.2) is 0 Å². The van der Waals surface area contributed by atoms with Crippen molar-refractivity contribution >= 4 is 34.3 Å². The van der Waals surface area contributed by atoms with Crippen LogP contribution in [-0.4, -0.2) is 45.7 Å². The molecule has 5 nitrogen and oxygen atoms in total. The van der Waals surface area contributed by atoms with E-state index in [9.17, 15) is 9.59 Å². The van der Waals surface area contributed by atoms with Crippen LogP contribution in [0.5, 0.6) is 0 Å². The lowest BCUT2D eigenvalue weighted by Gasteiger charge is -2.47. The van der Waals surface area contributed by atoms with Crippen LogP contribution in [0.4, 0.5) is 0 Å². The van der Waals surface area contributed by atoms with E-state index in [2.05, 4.69) is 17.6 Å². The maximum atomic E-state index is 13.3. The predicted molar refractivity (Wildman–Crippen MR) is 113 cm³/mol. The first-order valence-corrected chi connectivity index (χ1v) is 10.0. The standard InChI is InChI=1S/C23H20ClN3O2/c1-2-10-26-13-20(28)27-19(23(26)29)12-17-16-8-3-4-9-18(16)25-21(17)22(27)14-6-5-7-15(24)11-14/h2-9,11,19,22,25H,1,10,12-13H2/t19-,22-/m0/s1. The molecule has 5 rings (SSSR count). The minimum absolute atomic E-state index is 0.0348. The number of carbonyl (C=O) groups is 2. The summed E-state index contributed by atoms with van der Waals surface area (Å²) >= 11 is 6.27. The van der Waals surface area contributed by atoms with E-state index in [1.54, 1.807) is 15.9 Å². The van der Waals surface area contributed by atoms with Gasteiger partial charge in [0.25, 0.3) is 0 Å². The summed E-state index contributed by atoms with van der Waals surface area (Å²) in [5.74, 6) is -0.0989. The van der Waals surface area contributed by atoms with Gasteiger partial charge in [0.2, 0.25) is 11.8 Å². The lowest BCUT2D eigenvalue weighted by Crippen LogP contribution is -2.62. The first-order valence-electron chi connectivity index (χ1n) is 9.64. The van der Waals surface area contributed by atoms with E-state index < -0.39 is 6.04 Å². The highest BCUT2D eigenvalue weighted by Crippen LogP contribution is 2.42. The quantitative estimate of drug-likeness (QED) is 0.675. The number of aromatic amines is 1. The second kappa shape index (κ2) is 6.78. The molecule has 29 heavy (non-hydrogen) atoms. The number of hydrogen-bond donors (Lipinski definition) is 1. The Kier molecular flexibility index (Phi) is 4.21. The summed E-state index contributed by atoms with van der Waals surface area (Å²) in [7, 11) is 0. The number of halogens is 1. The Morgan fingerprint density at radius 3 is 2.79 bits per heavy atom. The Morgan fingerprint density at radius 2 is 2.00 bits per heavy atom. The lowest BCUT2D eigenvalue weighted by atomic mass is 9.86. The summed E-state index contributed by atoms with van der Waals surface area (Å²) in [5.41, 5.74) is 3.96. The fourth-order valence-electron chi connectivity index (χ4n) is 4.66. The van der Waals surface area contributed by atoms with E-state index in [-0.39, 0.29) is 24.4 Å². The molecule has 2 aliphatic rings. The number of para-hydroxylation sites is 1. The molecule has 0 radical (unpaired) electrons. The second-order valence-electron chi connectivity index (χ2n) is 7.55. The SMILES string of the molecule is C=CCN1CC(=O)N2[C@@H](c3cccc(Cl)c3)c3[nH]c4ccccc4c3C[C@H]2C1=O. The Bertz CT molecular complexity index is 1150. The molecule has 1 fully saturated rings. The number of nitrogens with one attached hydrogen (secondary N) is 1. The van der Waals surface area contributed by atoms with Gasteiger partial charge < -0.3 is 14.8 Å². The monoisotopic (exact) mass is 405 g/mol. The number of amides is 2. The number of H-pyrrole nitrogens is 1. The minimum atomic E-state index is -0.535. The van der Waals surface area contributed by atoms with Gasteiger partial charge in [0, 0.05) is 34.6 Å². The van der Waals surface area contributed by atoms with Crippen molar-refractivity contribution in [2.75, 3.05) is 13.1 Å². The van der Waals surface area contributed by atoms with Crippen molar-refractivity contribution in [3.05, 3.63) is 83.0 Å². The van der Waals surface area contributed by atoms with Crippen LogP contribution in [-0.2, 0) is 16.0 Å². The number of aromatic nitrogens is 1. The highest BCUT2D eigenvalue weighted by Gasteiger charge is 2.47. The van der Waals surface area contributed by atoms with Crippen LogP contribution in [0, 0.1) is 0 Å². The third kappa shape index (κ3) is 2.76. The van der Waals surface area contributed by atoms with Crippen molar-refractivity contribution in [2.24, 2.45) is 0 Å². The van der Waals surface area contributed by atoms with Gasteiger partial charge in [0.1, 0.15) is 12.6 Å². The molecule has 0 unspecified atom stereocenters. The van der Waals surface area contributed by atoms with Crippen molar-refractivity contribution in [3.8, 4) is 0 Å². The van der Waals surface area contributed by atoms with Crippen LogP contribution in [0.15, 0.2) is 61.2 Å². The zero-order chi connectivity index (χ0) is 20.1.